The summed E-state index contributed by atoms with van der Waals surface area (Å²) in [6, 6.07) is -3.25. The van der Waals surface area contributed by atoms with E-state index in [1.54, 1.807) is 6.92 Å². The first-order chi connectivity index (χ1) is 16.1. The maximum Gasteiger partial charge on any atom is 0.326 e. The predicted octanol–water partition coefficient (Wildman–Crippen LogP) is -2.45. The number of H-pyrrole nitrogens is 1. The molecule has 34 heavy (non-hydrogen) atoms. The molecule has 0 aromatic carbocycles. The van der Waals surface area contributed by atoms with Crippen LogP contribution in [0.5, 0.6) is 0 Å². The van der Waals surface area contributed by atoms with Gasteiger partial charge >= 0.3 is 5.97 Å². The molecule has 1 aromatic heterocycles. The molecule has 0 radical (unpaired) electrons. The Morgan fingerprint density at radius 1 is 1.15 bits per heavy atom. The smallest absolute Gasteiger partial charge is 0.326 e. The fourth-order valence-electron chi connectivity index (χ4n) is 3.06. The summed E-state index contributed by atoms with van der Waals surface area (Å²) >= 11 is 0. The third kappa shape index (κ3) is 9.85. The van der Waals surface area contributed by atoms with E-state index in [0.717, 1.165) is 0 Å². The van der Waals surface area contributed by atoms with Crippen molar-refractivity contribution in [3.05, 3.63) is 18.2 Å². The summed E-state index contributed by atoms with van der Waals surface area (Å²) in [6.45, 7) is 3.51. The summed E-state index contributed by atoms with van der Waals surface area (Å²) in [7, 11) is 0. The van der Waals surface area contributed by atoms with E-state index < -0.39 is 41.8 Å². The molecule has 1 rings (SSSR count). The van der Waals surface area contributed by atoms with Crippen LogP contribution >= 0.6 is 0 Å². The summed E-state index contributed by atoms with van der Waals surface area (Å²) < 4.78 is 0. The van der Waals surface area contributed by atoms with Crippen LogP contribution in [0, 0.1) is 5.92 Å². The highest BCUT2D eigenvalue weighted by Gasteiger charge is 2.32. The van der Waals surface area contributed by atoms with Crippen molar-refractivity contribution in [3.63, 3.8) is 0 Å². The molecular formula is C20H35N9O5. The second-order valence-corrected chi connectivity index (χ2v) is 7.83. The van der Waals surface area contributed by atoms with Crippen molar-refractivity contribution in [3.8, 4) is 0 Å². The number of carboxylic acid groups (broad SMARTS) is 1. The van der Waals surface area contributed by atoms with Gasteiger partial charge in [-0.3, -0.25) is 19.4 Å². The van der Waals surface area contributed by atoms with Gasteiger partial charge in [0.25, 0.3) is 0 Å². The first kappa shape index (κ1) is 28.4. The molecular weight excluding hydrogens is 446 g/mol. The van der Waals surface area contributed by atoms with Crippen LogP contribution in [0.25, 0.3) is 0 Å². The van der Waals surface area contributed by atoms with Gasteiger partial charge in [0.15, 0.2) is 5.96 Å². The number of aromatic nitrogens is 2. The Morgan fingerprint density at radius 2 is 1.85 bits per heavy atom. The van der Waals surface area contributed by atoms with Crippen molar-refractivity contribution in [2.45, 2.75) is 57.7 Å². The first-order valence-electron chi connectivity index (χ1n) is 10.9. The van der Waals surface area contributed by atoms with Crippen LogP contribution in [0.1, 0.15) is 38.8 Å². The fourth-order valence-corrected chi connectivity index (χ4v) is 3.06. The van der Waals surface area contributed by atoms with E-state index >= 15 is 0 Å². The number of nitrogens with two attached hydrogens (primary N) is 3. The van der Waals surface area contributed by atoms with E-state index in [9.17, 15) is 24.3 Å². The zero-order valence-electron chi connectivity index (χ0n) is 19.4. The van der Waals surface area contributed by atoms with Crippen molar-refractivity contribution in [2.75, 3.05) is 13.1 Å². The number of carbonyl (C=O) groups excluding carboxylic acids is 3. The molecule has 4 atom stereocenters. The quantitative estimate of drug-likeness (QED) is 0.0751. The number of hydrogen-bond donors (Lipinski definition) is 8. The predicted molar refractivity (Wildman–Crippen MR) is 124 cm³/mol. The highest BCUT2D eigenvalue weighted by atomic mass is 16.4. The molecule has 0 aliphatic rings. The highest BCUT2D eigenvalue weighted by molar-refractivity contribution is 5.93. The minimum absolute atomic E-state index is 0.0117. The van der Waals surface area contributed by atoms with Gasteiger partial charge in [-0.25, -0.2) is 9.78 Å². The molecule has 190 valence electrons. The van der Waals surface area contributed by atoms with Gasteiger partial charge < -0.3 is 43.2 Å². The van der Waals surface area contributed by atoms with Gasteiger partial charge in [-0.15, -0.1) is 0 Å². The number of nitrogens with one attached hydrogen (secondary N) is 4. The SMILES string of the molecule is CCC(C)C(NC(=O)C(CCCN=C(N)N)NC(=O)CN)C(=O)NC(Cc1cnc[nH]1)C(=O)O. The zero-order chi connectivity index (χ0) is 25.7. The van der Waals surface area contributed by atoms with E-state index in [1.807, 2.05) is 6.92 Å². The number of guanidine groups is 1. The second kappa shape index (κ2) is 14.5. The number of aromatic amines is 1. The topological polar surface area (TPSA) is 244 Å². The van der Waals surface area contributed by atoms with Crippen molar-refractivity contribution < 1.29 is 24.3 Å². The van der Waals surface area contributed by atoms with Crippen LogP contribution < -0.4 is 33.2 Å². The monoisotopic (exact) mass is 481 g/mol. The Bertz CT molecular complexity index is 839. The molecule has 0 aliphatic carbocycles. The molecule has 0 fully saturated rings. The number of carboxylic acids is 1. The van der Waals surface area contributed by atoms with Gasteiger partial charge in [0.2, 0.25) is 17.7 Å². The van der Waals surface area contributed by atoms with Gasteiger partial charge in [0.05, 0.1) is 12.9 Å². The second-order valence-electron chi connectivity index (χ2n) is 7.83. The maximum atomic E-state index is 13.0. The van der Waals surface area contributed by atoms with Gasteiger partial charge in [-0.2, -0.15) is 0 Å². The summed E-state index contributed by atoms with van der Waals surface area (Å²) in [5.74, 6) is -3.45. The number of amides is 3. The van der Waals surface area contributed by atoms with Crippen LogP contribution in [-0.4, -0.2) is 75.9 Å². The average Bonchev–Trinajstić information content (AvgIpc) is 3.30. The summed E-state index contributed by atoms with van der Waals surface area (Å²) in [5, 5.41) is 17.2. The van der Waals surface area contributed by atoms with Crippen molar-refractivity contribution >= 4 is 29.7 Å². The standard InChI is InChI=1S/C20H35N9O5/c1-3-11(2)16(18(32)28-14(19(33)34)7-12-9-24-10-26-12)29-17(31)13(27-15(30)8-21)5-4-6-25-20(22)23/h9-11,13-14,16H,3-8,21H2,1-2H3,(H,24,26)(H,27,30)(H,28,32)(H,29,31)(H,33,34)(H4,22,23,25). The van der Waals surface area contributed by atoms with Gasteiger partial charge in [-0.1, -0.05) is 20.3 Å². The minimum Gasteiger partial charge on any atom is -0.480 e. The molecule has 1 aromatic rings. The molecule has 1 heterocycles. The number of nitrogens with zero attached hydrogens (tertiary/aromatic N) is 2. The molecule has 0 saturated heterocycles. The van der Waals surface area contributed by atoms with E-state index in [0.29, 0.717) is 18.5 Å². The van der Waals surface area contributed by atoms with Gasteiger partial charge in [-0.05, 0) is 18.8 Å². The molecule has 11 N–H and O–H groups in total. The molecule has 0 aliphatic heterocycles. The minimum atomic E-state index is -1.23. The summed E-state index contributed by atoms with van der Waals surface area (Å²) in [5.41, 5.74) is 16.5. The summed E-state index contributed by atoms with van der Waals surface area (Å²) in [6.07, 6.45) is 3.96. The molecule has 0 spiro atoms. The number of carbonyl (C=O) groups is 4. The lowest BCUT2D eigenvalue weighted by Gasteiger charge is -2.27. The third-order valence-electron chi connectivity index (χ3n) is 5.17. The number of aliphatic carboxylic acids is 1. The first-order valence-corrected chi connectivity index (χ1v) is 10.9. The fraction of sp³-hybridized carbons (Fsp3) is 0.600. The Morgan fingerprint density at radius 3 is 2.38 bits per heavy atom. The van der Waals surface area contributed by atoms with Gasteiger partial charge in [0.1, 0.15) is 18.1 Å². The van der Waals surface area contributed by atoms with E-state index in [1.165, 1.54) is 12.5 Å². The van der Waals surface area contributed by atoms with Gasteiger partial charge in [0, 0.05) is 24.9 Å². The third-order valence-corrected chi connectivity index (χ3v) is 5.17. The van der Waals surface area contributed by atoms with Crippen LogP contribution in [-0.2, 0) is 25.6 Å². The molecule has 14 nitrogen and oxygen atoms in total. The number of imidazole rings is 1. The van der Waals surface area contributed by atoms with Crippen LogP contribution in [0.4, 0.5) is 0 Å². The van der Waals surface area contributed by atoms with E-state index in [4.69, 9.17) is 17.2 Å². The Balaban J connectivity index is 2.94. The Labute approximate surface area is 197 Å². The van der Waals surface area contributed by atoms with E-state index in [-0.39, 0.29) is 37.8 Å². The van der Waals surface area contributed by atoms with Crippen molar-refractivity contribution in [1.29, 1.82) is 0 Å². The van der Waals surface area contributed by atoms with E-state index in [2.05, 4.69) is 30.9 Å². The normalized spacial score (nSPS) is 14.2. The maximum absolute atomic E-state index is 13.0. The highest BCUT2D eigenvalue weighted by Crippen LogP contribution is 2.11. The molecule has 0 bridgehead atoms. The van der Waals surface area contributed by atoms with Crippen LogP contribution in [0.15, 0.2) is 17.5 Å². The molecule has 0 saturated carbocycles. The van der Waals surface area contributed by atoms with Crippen LogP contribution in [0.2, 0.25) is 0 Å². The molecule has 3 amide bonds. The lowest BCUT2D eigenvalue weighted by Crippen LogP contribution is -2.58. The number of hydrogen-bond acceptors (Lipinski definition) is 7. The number of rotatable bonds is 15. The lowest BCUT2D eigenvalue weighted by molar-refractivity contribution is -0.142. The largest absolute Gasteiger partial charge is 0.480 e. The molecule has 4 unspecified atom stereocenters. The Kier molecular flexibility index (Phi) is 12.1. The molecule has 14 heteroatoms. The van der Waals surface area contributed by atoms with Crippen LogP contribution in [0.3, 0.4) is 0 Å². The van der Waals surface area contributed by atoms with Crippen molar-refractivity contribution in [1.82, 2.24) is 25.9 Å². The lowest BCUT2D eigenvalue weighted by atomic mass is 9.97. The zero-order valence-corrected chi connectivity index (χ0v) is 19.4. The Hall–Kier alpha value is -3.68. The van der Waals surface area contributed by atoms with Crippen molar-refractivity contribution in [2.24, 2.45) is 28.1 Å². The summed E-state index contributed by atoms with van der Waals surface area (Å²) in [4.78, 5) is 59.9. The average molecular weight is 482 g/mol. The number of aliphatic imine (C=N–C) groups is 1.